The van der Waals surface area contributed by atoms with Crippen molar-refractivity contribution in [2.24, 2.45) is 5.73 Å². The van der Waals surface area contributed by atoms with E-state index >= 15 is 0 Å². The Labute approximate surface area is 151 Å². The summed E-state index contributed by atoms with van der Waals surface area (Å²) in [5, 5.41) is 2.51. The predicted octanol–water partition coefficient (Wildman–Crippen LogP) is 2.32. The van der Waals surface area contributed by atoms with Crippen molar-refractivity contribution in [2.45, 2.75) is 18.9 Å². The minimum atomic E-state index is -0.894. The van der Waals surface area contributed by atoms with Crippen molar-refractivity contribution in [2.75, 3.05) is 0 Å². The number of carbonyl (C=O) groups excluding carboxylic acids is 2. The lowest BCUT2D eigenvalue weighted by molar-refractivity contribution is -0.127. The Morgan fingerprint density at radius 3 is 2.33 bits per heavy atom. The Kier molecular flexibility index (Phi) is 6.24. The molecule has 2 rings (SSSR count). The van der Waals surface area contributed by atoms with Crippen LogP contribution in [0.3, 0.4) is 0 Å². The highest BCUT2D eigenvalue weighted by molar-refractivity contribution is 14.1. The minimum absolute atomic E-state index is 0.183. The summed E-state index contributed by atoms with van der Waals surface area (Å²) in [6.45, 7) is 0. The lowest BCUT2D eigenvalue weighted by Gasteiger charge is -2.16. The molecule has 0 aliphatic heterocycles. The summed E-state index contributed by atoms with van der Waals surface area (Å²) in [7, 11) is 0. The number of nitrogens with two attached hydrogens (primary N) is 1. The zero-order chi connectivity index (χ0) is 17.7. The van der Waals surface area contributed by atoms with Crippen molar-refractivity contribution in [1.82, 2.24) is 5.32 Å². The molecule has 0 fully saturated rings. The van der Waals surface area contributed by atoms with E-state index in [-0.39, 0.29) is 18.4 Å². The second-order valence-electron chi connectivity index (χ2n) is 5.31. The van der Waals surface area contributed by atoms with Crippen LogP contribution in [0.15, 0.2) is 42.5 Å². The normalized spacial score (nSPS) is 11.8. The molecule has 0 aliphatic carbocycles. The quantitative estimate of drug-likeness (QED) is 0.672. The van der Waals surface area contributed by atoms with Crippen molar-refractivity contribution >= 4 is 34.4 Å². The van der Waals surface area contributed by atoms with Gasteiger partial charge in [-0.15, -0.1) is 0 Å². The van der Waals surface area contributed by atoms with Gasteiger partial charge < -0.3 is 11.1 Å². The maximum Gasteiger partial charge on any atom is 0.240 e. The zero-order valence-electron chi connectivity index (χ0n) is 12.6. The molecule has 0 unspecified atom stereocenters. The van der Waals surface area contributed by atoms with E-state index in [2.05, 4.69) is 27.9 Å². The Morgan fingerprint density at radius 2 is 1.75 bits per heavy atom. The SMILES string of the molecule is NC(=O)[C@H](Cc1cccc(I)c1)NC(=O)Cc1cc(F)cc(F)c1. The molecule has 0 saturated carbocycles. The molecule has 0 bridgehead atoms. The highest BCUT2D eigenvalue weighted by atomic mass is 127. The highest BCUT2D eigenvalue weighted by Crippen LogP contribution is 2.11. The third-order valence-electron chi connectivity index (χ3n) is 3.29. The largest absolute Gasteiger partial charge is 0.368 e. The van der Waals surface area contributed by atoms with Gasteiger partial charge in [0, 0.05) is 16.1 Å². The van der Waals surface area contributed by atoms with Crippen molar-refractivity contribution in [3.05, 3.63) is 68.8 Å². The first-order valence-electron chi connectivity index (χ1n) is 7.11. The topological polar surface area (TPSA) is 72.2 Å². The molecule has 3 N–H and O–H groups in total. The molecule has 0 saturated heterocycles. The number of halogens is 3. The summed E-state index contributed by atoms with van der Waals surface area (Å²) in [6, 6.07) is 9.42. The summed E-state index contributed by atoms with van der Waals surface area (Å²) in [4.78, 5) is 23.6. The van der Waals surface area contributed by atoms with Crippen molar-refractivity contribution in [3.8, 4) is 0 Å². The van der Waals surface area contributed by atoms with E-state index in [0.29, 0.717) is 0 Å². The number of hydrogen-bond acceptors (Lipinski definition) is 2. The number of amides is 2. The van der Waals surface area contributed by atoms with E-state index in [1.807, 2.05) is 24.3 Å². The molecule has 0 radical (unpaired) electrons. The van der Waals surface area contributed by atoms with E-state index in [1.165, 1.54) is 0 Å². The minimum Gasteiger partial charge on any atom is -0.368 e. The fourth-order valence-corrected chi connectivity index (χ4v) is 2.87. The average molecular weight is 444 g/mol. The maximum atomic E-state index is 13.1. The van der Waals surface area contributed by atoms with E-state index in [1.54, 1.807) is 0 Å². The lowest BCUT2D eigenvalue weighted by Crippen LogP contribution is -2.46. The fourth-order valence-electron chi connectivity index (χ4n) is 2.27. The van der Waals surface area contributed by atoms with E-state index < -0.39 is 29.5 Å². The van der Waals surface area contributed by atoms with Crippen molar-refractivity contribution < 1.29 is 18.4 Å². The molecule has 2 aromatic rings. The molecule has 1 atom stereocenters. The van der Waals surface area contributed by atoms with E-state index in [0.717, 1.165) is 27.3 Å². The van der Waals surface area contributed by atoms with Crippen LogP contribution in [0, 0.1) is 15.2 Å². The van der Waals surface area contributed by atoms with Crippen LogP contribution in [-0.2, 0) is 22.4 Å². The first-order valence-corrected chi connectivity index (χ1v) is 8.19. The molecule has 126 valence electrons. The van der Waals surface area contributed by atoms with Crippen molar-refractivity contribution in [3.63, 3.8) is 0 Å². The van der Waals surface area contributed by atoms with Crippen LogP contribution >= 0.6 is 22.6 Å². The van der Waals surface area contributed by atoms with Gasteiger partial charge in [0.1, 0.15) is 17.7 Å². The molecule has 0 spiro atoms. The molecule has 0 heterocycles. The first kappa shape index (κ1) is 18.3. The van der Waals surface area contributed by atoms with Gasteiger partial charge in [0.2, 0.25) is 11.8 Å². The van der Waals surface area contributed by atoms with Crippen LogP contribution in [0.1, 0.15) is 11.1 Å². The monoisotopic (exact) mass is 444 g/mol. The summed E-state index contributed by atoms with van der Waals surface area (Å²) >= 11 is 2.14. The summed E-state index contributed by atoms with van der Waals surface area (Å²) in [5.41, 5.74) is 6.37. The Balaban J connectivity index is 2.04. The molecular formula is C17H15F2IN2O2. The number of benzene rings is 2. The fraction of sp³-hybridized carbons (Fsp3) is 0.176. The molecule has 7 heteroatoms. The van der Waals surface area contributed by atoms with Gasteiger partial charge in [-0.25, -0.2) is 8.78 Å². The van der Waals surface area contributed by atoms with Gasteiger partial charge in [-0.05, 0) is 58.0 Å². The van der Waals surface area contributed by atoms with Gasteiger partial charge in [0.05, 0.1) is 6.42 Å². The molecule has 2 aromatic carbocycles. The Morgan fingerprint density at radius 1 is 1.08 bits per heavy atom. The molecular weight excluding hydrogens is 429 g/mol. The van der Waals surface area contributed by atoms with Crippen LogP contribution in [-0.4, -0.2) is 17.9 Å². The first-order chi connectivity index (χ1) is 11.3. The van der Waals surface area contributed by atoms with Gasteiger partial charge >= 0.3 is 0 Å². The molecule has 2 amide bonds. The van der Waals surface area contributed by atoms with Crippen LogP contribution in [0.25, 0.3) is 0 Å². The second-order valence-corrected chi connectivity index (χ2v) is 6.56. The number of carbonyl (C=O) groups is 2. The Bertz CT molecular complexity index is 748. The second kappa shape index (κ2) is 8.18. The van der Waals surface area contributed by atoms with Crippen molar-refractivity contribution in [1.29, 1.82) is 0 Å². The molecule has 0 aromatic heterocycles. The van der Waals surface area contributed by atoms with Gasteiger partial charge in [0.15, 0.2) is 0 Å². The lowest BCUT2D eigenvalue weighted by atomic mass is 10.0. The van der Waals surface area contributed by atoms with Gasteiger partial charge in [0.25, 0.3) is 0 Å². The van der Waals surface area contributed by atoms with Crippen LogP contribution < -0.4 is 11.1 Å². The number of nitrogens with one attached hydrogen (secondary N) is 1. The van der Waals surface area contributed by atoms with Gasteiger partial charge in [-0.3, -0.25) is 9.59 Å². The predicted molar refractivity (Wildman–Crippen MR) is 94.1 cm³/mol. The van der Waals surface area contributed by atoms with E-state index in [4.69, 9.17) is 5.73 Å². The zero-order valence-corrected chi connectivity index (χ0v) is 14.7. The maximum absolute atomic E-state index is 13.1. The summed E-state index contributed by atoms with van der Waals surface area (Å²) in [5.74, 6) is -2.73. The summed E-state index contributed by atoms with van der Waals surface area (Å²) < 4.78 is 27.3. The molecule has 4 nitrogen and oxygen atoms in total. The summed E-state index contributed by atoms with van der Waals surface area (Å²) in [6.07, 6.45) is 0.000209. The molecule has 24 heavy (non-hydrogen) atoms. The van der Waals surface area contributed by atoms with E-state index in [9.17, 15) is 18.4 Å². The van der Waals surface area contributed by atoms with Gasteiger partial charge in [-0.1, -0.05) is 12.1 Å². The third kappa shape index (κ3) is 5.55. The third-order valence-corrected chi connectivity index (χ3v) is 3.97. The highest BCUT2D eigenvalue weighted by Gasteiger charge is 2.19. The smallest absolute Gasteiger partial charge is 0.240 e. The van der Waals surface area contributed by atoms with Gasteiger partial charge in [-0.2, -0.15) is 0 Å². The Hall–Kier alpha value is -2.03. The number of hydrogen-bond donors (Lipinski definition) is 2. The molecule has 0 aliphatic rings. The number of primary amides is 1. The van der Waals surface area contributed by atoms with Crippen LogP contribution in [0.4, 0.5) is 8.78 Å². The standard InChI is InChI=1S/C17H15F2IN2O2/c18-12-4-11(5-13(19)9-12)8-16(23)22-15(17(21)24)7-10-2-1-3-14(20)6-10/h1-6,9,15H,7-8H2,(H2,21,24)(H,22,23)/t15-/m0/s1. The number of rotatable bonds is 6. The average Bonchev–Trinajstić information content (AvgIpc) is 2.45. The van der Waals surface area contributed by atoms with Crippen LogP contribution in [0.5, 0.6) is 0 Å². The van der Waals surface area contributed by atoms with Crippen LogP contribution in [0.2, 0.25) is 0 Å².